The van der Waals surface area contributed by atoms with Gasteiger partial charge in [-0.15, -0.1) is 0 Å². The van der Waals surface area contributed by atoms with E-state index in [4.69, 9.17) is 18.9 Å². The van der Waals surface area contributed by atoms with Gasteiger partial charge in [0.15, 0.2) is 0 Å². The van der Waals surface area contributed by atoms with E-state index >= 15 is 0 Å². The third-order valence-corrected chi connectivity index (χ3v) is 7.78. The number of rotatable bonds is 3. The molecular formula is C28H42O8. The maximum absolute atomic E-state index is 13.4. The van der Waals surface area contributed by atoms with E-state index in [1.807, 2.05) is 44.2 Å². The number of carbonyl (C=O) groups is 1. The lowest BCUT2D eigenvalue weighted by molar-refractivity contribution is -0.360. The number of fused-ring (bicyclic) bond motifs is 2. The molecular weight excluding hydrogens is 464 g/mol. The summed E-state index contributed by atoms with van der Waals surface area (Å²) in [7, 11) is 2.95. The van der Waals surface area contributed by atoms with E-state index in [2.05, 4.69) is 0 Å². The van der Waals surface area contributed by atoms with Crippen LogP contribution in [0.15, 0.2) is 42.5 Å². The Morgan fingerprint density at radius 1 is 0.972 bits per heavy atom. The van der Waals surface area contributed by atoms with Gasteiger partial charge in [-0.05, 0) is 31.7 Å². The first-order valence-corrected chi connectivity index (χ1v) is 12.9. The van der Waals surface area contributed by atoms with Gasteiger partial charge in [0.25, 0.3) is 0 Å². The van der Waals surface area contributed by atoms with Gasteiger partial charge in [0.05, 0.1) is 24.4 Å². The van der Waals surface area contributed by atoms with E-state index in [9.17, 15) is 20.1 Å². The highest BCUT2D eigenvalue weighted by Gasteiger charge is 2.58. The second-order valence-corrected chi connectivity index (χ2v) is 10.2. The van der Waals surface area contributed by atoms with Crippen LogP contribution >= 0.6 is 0 Å². The topological polar surface area (TPSA) is 115 Å². The Morgan fingerprint density at radius 3 is 2.28 bits per heavy atom. The molecule has 0 aromatic heterocycles. The Morgan fingerprint density at radius 2 is 1.64 bits per heavy atom. The molecule has 36 heavy (non-hydrogen) atoms. The minimum atomic E-state index is -2.11. The molecule has 0 spiro atoms. The Bertz CT molecular complexity index is 860. The first-order chi connectivity index (χ1) is 17.1. The standard InChI is InChI=1S/C28H42O8/c1-17-15-16-21(29)23(33-4)14-10-9-13-22(20-11-7-6-8-12-20)35-27(31)19(3)28(32)26(34-5)24(30)18(2)25(17)36-28/h6-8,11-12,15-19,21-26,29-30,32H,9-10,13-14H2,1-5H3/b16-15+/t17-,18-,19+,21+,22?,23?,24-,25-,26+,28+/m0/s1. The summed E-state index contributed by atoms with van der Waals surface area (Å²) in [6.07, 6.45) is 1.60. The van der Waals surface area contributed by atoms with Gasteiger partial charge in [0.2, 0.25) is 5.79 Å². The molecule has 2 aliphatic rings. The number of hydrogen-bond donors (Lipinski definition) is 3. The smallest absolute Gasteiger partial charge is 0.314 e. The SMILES string of the molecule is COC1CCCCC(c2ccccc2)OC(=O)[C@@H](C)[C@@]2(O)O[C@H]([C@@H](C)[C@H](O)[C@H]2OC)[C@@H](C)/C=C/[C@H]1O. The molecule has 8 nitrogen and oxygen atoms in total. The summed E-state index contributed by atoms with van der Waals surface area (Å²) in [5.74, 6) is -4.58. The average molecular weight is 507 g/mol. The van der Waals surface area contributed by atoms with Gasteiger partial charge in [-0.25, -0.2) is 0 Å². The molecule has 2 heterocycles. The lowest BCUT2D eigenvalue weighted by Gasteiger charge is -2.51. The van der Waals surface area contributed by atoms with Crippen molar-refractivity contribution in [1.29, 1.82) is 0 Å². The van der Waals surface area contributed by atoms with Crippen molar-refractivity contribution < 1.29 is 39.1 Å². The first kappa shape index (κ1) is 28.8. The van der Waals surface area contributed by atoms with Crippen molar-refractivity contribution in [1.82, 2.24) is 0 Å². The maximum atomic E-state index is 13.4. The van der Waals surface area contributed by atoms with Gasteiger partial charge in [-0.2, -0.15) is 0 Å². The van der Waals surface area contributed by atoms with Crippen LogP contribution in [0.3, 0.4) is 0 Å². The fourth-order valence-corrected chi connectivity index (χ4v) is 5.35. The summed E-state index contributed by atoms with van der Waals surface area (Å²) in [5.41, 5.74) is 0.852. The van der Waals surface area contributed by atoms with Crippen molar-refractivity contribution in [3.8, 4) is 0 Å². The fraction of sp³-hybridized carbons (Fsp3) is 0.679. The zero-order valence-electron chi connectivity index (χ0n) is 21.9. The Hall–Kier alpha value is -1.81. The van der Waals surface area contributed by atoms with Crippen LogP contribution in [0.2, 0.25) is 0 Å². The van der Waals surface area contributed by atoms with Gasteiger partial charge in [-0.3, -0.25) is 4.79 Å². The number of esters is 1. The minimum Gasteiger partial charge on any atom is -0.457 e. The van der Waals surface area contributed by atoms with Crippen LogP contribution in [0.1, 0.15) is 58.1 Å². The van der Waals surface area contributed by atoms with E-state index in [0.29, 0.717) is 12.8 Å². The van der Waals surface area contributed by atoms with E-state index in [-0.39, 0.29) is 12.0 Å². The van der Waals surface area contributed by atoms with Gasteiger partial charge in [0.1, 0.15) is 18.1 Å². The van der Waals surface area contributed by atoms with Crippen LogP contribution in [0.4, 0.5) is 0 Å². The summed E-state index contributed by atoms with van der Waals surface area (Å²) >= 11 is 0. The predicted octanol–water partition coefficient (Wildman–Crippen LogP) is 3.15. The van der Waals surface area contributed by atoms with Crippen molar-refractivity contribution in [2.45, 2.75) is 88.9 Å². The first-order valence-electron chi connectivity index (χ1n) is 12.9. The number of benzene rings is 1. The van der Waals surface area contributed by atoms with Gasteiger partial charge >= 0.3 is 5.97 Å². The van der Waals surface area contributed by atoms with E-state index in [1.165, 1.54) is 14.0 Å². The molecule has 3 rings (SSSR count). The number of aliphatic hydroxyl groups is 3. The molecule has 1 fully saturated rings. The lowest BCUT2D eigenvalue weighted by atomic mass is 9.78. The zero-order chi connectivity index (χ0) is 26.5. The molecule has 0 radical (unpaired) electrons. The minimum absolute atomic E-state index is 0.292. The van der Waals surface area contributed by atoms with Crippen LogP contribution in [0.25, 0.3) is 0 Å². The molecule has 2 bridgehead atoms. The average Bonchev–Trinajstić information content (AvgIpc) is 2.88. The van der Waals surface area contributed by atoms with E-state index < -0.39 is 54.1 Å². The Balaban J connectivity index is 1.99. The molecule has 8 heteroatoms. The van der Waals surface area contributed by atoms with Gasteiger partial charge in [0, 0.05) is 26.1 Å². The van der Waals surface area contributed by atoms with E-state index in [0.717, 1.165) is 18.4 Å². The largest absolute Gasteiger partial charge is 0.457 e. The van der Waals surface area contributed by atoms with Crippen molar-refractivity contribution in [3.05, 3.63) is 48.0 Å². The third kappa shape index (κ3) is 6.18. The molecule has 2 aliphatic heterocycles. The normalized spacial score (nSPS) is 41.9. The molecule has 0 saturated carbocycles. The van der Waals surface area contributed by atoms with Gasteiger partial charge < -0.3 is 34.3 Å². The highest BCUT2D eigenvalue weighted by molar-refractivity contribution is 5.73. The number of ether oxygens (including phenoxy) is 4. The lowest BCUT2D eigenvalue weighted by Crippen LogP contribution is -2.66. The highest BCUT2D eigenvalue weighted by atomic mass is 16.7. The molecule has 3 N–H and O–H groups in total. The molecule has 0 amide bonds. The van der Waals surface area contributed by atoms with Crippen LogP contribution < -0.4 is 0 Å². The van der Waals surface area contributed by atoms with E-state index in [1.54, 1.807) is 19.3 Å². The predicted molar refractivity (Wildman–Crippen MR) is 134 cm³/mol. The molecule has 2 unspecified atom stereocenters. The number of aliphatic hydroxyl groups excluding tert-OH is 2. The highest BCUT2D eigenvalue weighted by Crippen LogP contribution is 2.41. The second kappa shape index (κ2) is 12.6. The van der Waals surface area contributed by atoms with Crippen LogP contribution in [0, 0.1) is 17.8 Å². The van der Waals surface area contributed by atoms with Crippen molar-refractivity contribution in [3.63, 3.8) is 0 Å². The maximum Gasteiger partial charge on any atom is 0.314 e. The molecule has 0 aliphatic carbocycles. The number of cyclic esters (lactones) is 1. The Labute approximate surface area is 214 Å². The number of carbonyl (C=O) groups excluding carboxylic acids is 1. The zero-order valence-corrected chi connectivity index (χ0v) is 21.9. The summed E-state index contributed by atoms with van der Waals surface area (Å²) in [4.78, 5) is 13.4. The van der Waals surface area contributed by atoms with Crippen molar-refractivity contribution in [2.24, 2.45) is 17.8 Å². The quantitative estimate of drug-likeness (QED) is 0.423. The number of hydrogen-bond acceptors (Lipinski definition) is 8. The van der Waals surface area contributed by atoms with Crippen LogP contribution in [-0.2, 0) is 23.7 Å². The van der Waals surface area contributed by atoms with Gasteiger partial charge in [-0.1, -0.05) is 62.8 Å². The molecule has 202 valence electrons. The summed E-state index contributed by atoms with van der Waals surface area (Å²) in [5, 5.41) is 33.5. The summed E-state index contributed by atoms with van der Waals surface area (Å²) in [6.45, 7) is 5.23. The van der Waals surface area contributed by atoms with Crippen molar-refractivity contribution in [2.75, 3.05) is 14.2 Å². The van der Waals surface area contributed by atoms with Crippen LogP contribution in [-0.4, -0.2) is 71.8 Å². The monoisotopic (exact) mass is 506 g/mol. The van der Waals surface area contributed by atoms with Crippen molar-refractivity contribution >= 4 is 5.97 Å². The second-order valence-electron chi connectivity index (χ2n) is 10.2. The Kier molecular flexibility index (Phi) is 10.1. The third-order valence-electron chi connectivity index (χ3n) is 7.78. The molecule has 1 saturated heterocycles. The fourth-order valence-electron chi connectivity index (χ4n) is 5.35. The number of methoxy groups -OCH3 is 2. The molecule has 1 aromatic carbocycles. The van der Waals surface area contributed by atoms with Crippen LogP contribution in [0.5, 0.6) is 0 Å². The molecule has 1 aromatic rings. The summed E-state index contributed by atoms with van der Waals surface area (Å²) in [6, 6.07) is 9.48. The summed E-state index contributed by atoms with van der Waals surface area (Å²) < 4.78 is 23.1. The molecule has 10 atom stereocenters.